The molecule has 0 radical (unpaired) electrons. The molecule has 0 saturated carbocycles. The highest BCUT2D eigenvalue weighted by Crippen LogP contribution is 2.47. The SMILES string of the molecule is c1ccc(-c2nc(-c3ccc4c(c3)[Si](c3ccccc3)(c3ccccc3)c3ccccc3-4)c3c(n2)-c2cc(-c4ccc5c(c4)c4ccccc4n5-c4ccccc4)ccc2C3)cc1.c1ccc(-c2nc(-c3ccc4c(c3)[Si](c3ccccc3)(c3ccccc3)c3ccccc3-4)c3c(n2)-c2cc(-n4c5ccccc5c5ccccc54)ccc2C3)cc1. The number of rotatable bonds is 11. The zero-order valence-electron chi connectivity index (χ0n) is 65.5. The first kappa shape index (κ1) is 69.3. The van der Waals surface area contributed by atoms with Crippen LogP contribution in [0.1, 0.15) is 22.3 Å². The van der Waals surface area contributed by atoms with Gasteiger partial charge in [-0.25, -0.2) is 19.9 Å². The average molecular weight is 1560 g/mol. The summed E-state index contributed by atoms with van der Waals surface area (Å²) < 4.78 is 4.78. The van der Waals surface area contributed by atoms with E-state index in [9.17, 15) is 0 Å². The molecule has 560 valence electrons. The highest BCUT2D eigenvalue weighted by molar-refractivity contribution is 7.23. The highest BCUT2D eigenvalue weighted by Gasteiger charge is 2.51. The van der Waals surface area contributed by atoms with Crippen molar-refractivity contribution in [1.82, 2.24) is 29.1 Å². The summed E-state index contributed by atoms with van der Waals surface area (Å²) in [6.45, 7) is 0. The number of aromatic nitrogens is 6. The van der Waals surface area contributed by atoms with Crippen molar-refractivity contribution in [2.24, 2.45) is 0 Å². The molecule has 0 N–H and O–H groups in total. The van der Waals surface area contributed by atoms with Crippen LogP contribution >= 0.6 is 0 Å². The third kappa shape index (κ3) is 10.6. The number of hydrogen-bond donors (Lipinski definition) is 0. The molecule has 0 amide bonds. The maximum atomic E-state index is 5.51. The lowest BCUT2D eigenvalue weighted by Gasteiger charge is -2.31. The number of benzene rings is 17. The first-order chi connectivity index (χ1) is 59.5. The van der Waals surface area contributed by atoms with Crippen molar-refractivity contribution in [2.75, 3.05) is 0 Å². The van der Waals surface area contributed by atoms with Gasteiger partial charge < -0.3 is 9.13 Å². The molecule has 0 spiro atoms. The monoisotopic (exact) mass is 1560 g/mol. The number of para-hydroxylation sites is 4. The average Bonchev–Trinajstić information content (AvgIpc) is 1.53. The van der Waals surface area contributed by atoms with Gasteiger partial charge in [-0.2, -0.15) is 0 Å². The highest BCUT2D eigenvalue weighted by atomic mass is 28.3. The van der Waals surface area contributed by atoms with Crippen molar-refractivity contribution in [3.63, 3.8) is 0 Å². The van der Waals surface area contributed by atoms with Crippen LogP contribution in [0.4, 0.5) is 0 Å². The van der Waals surface area contributed by atoms with Crippen LogP contribution in [0.2, 0.25) is 0 Å². The Morgan fingerprint density at radius 1 is 0.200 bits per heavy atom. The second-order valence-corrected chi connectivity index (χ2v) is 39.6. The molecule has 8 heteroatoms. The molecule has 2 aliphatic heterocycles. The Morgan fingerprint density at radius 3 is 1.00 bits per heavy atom. The molecule has 4 aliphatic rings. The van der Waals surface area contributed by atoms with Crippen LogP contribution in [0.5, 0.6) is 0 Å². The third-order valence-electron chi connectivity index (χ3n) is 25.8. The van der Waals surface area contributed by atoms with E-state index in [4.69, 9.17) is 19.9 Å². The van der Waals surface area contributed by atoms with E-state index in [0.29, 0.717) is 0 Å². The van der Waals surface area contributed by atoms with E-state index in [1.54, 1.807) is 0 Å². The lowest BCUT2D eigenvalue weighted by Crippen LogP contribution is -2.72. The molecule has 120 heavy (non-hydrogen) atoms. The van der Waals surface area contributed by atoms with Gasteiger partial charge in [-0.05, 0) is 147 Å². The van der Waals surface area contributed by atoms with E-state index in [1.165, 1.54) is 152 Å². The predicted molar refractivity (Wildman–Crippen MR) is 502 cm³/mol. The second-order valence-electron chi connectivity index (χ2n) is 32.1. The van der Waals surface area contributed by atoms with Crippen LogP contribution in [-0.2, 0) is 12.8 Å². The standard InChI is InChI=1S/C59H39N3Si.C53H35N3Si/c1-5-17-39(18-6-1)59-60-57(43-31-33-49-48-26-14-16-28-55(48)63(56(49)38-43,45-21-9-3-10-22-45)46-23-11-4-12-24-46)52-37-42-30-29-40(35-50(42)58(52)61-59)41-32-34-54-51(36-41)47-25-13-15-27-53(47)62(54)44-19-7-2-8-20-44;1-4-16-35(17-5-1)53-54-51(46-32-36-28-30-38(34-45(36)52(46)55-53)56-47-25-13-10-22-41(47)42-23-11-14-26-48(42)56)37-29-31-44-43-24-12-15-27-49(43)57(50(44)33-37,39-18-6-2-7-19-39)40-20-8-3-9-21-40/h1-36,38H,37H2;1-31,33-34H,32H2. The Morgan fingerprint density at radius 2 is 0.533 bits per heavy atom. The zero-order valence-corrected chi connectivity index (χ0v) is 67.5. The van der Waals surface area contributed by atoms with E-state index in [2.05, 4.69) is 434 Å². The maximum absolute atomic E-state index is 5.51. The van der Waals surface area contributed by atoms with Gasteiger partial charge >= 0.3 is 0 Å². The van der Waals surface area contributed by atoms with E-state index >= 15 is 0 Å². The van der Waals surface area contributed by atoms with Crippen molar-refractivity contribution in [3.8, 4) is 113 Å². The van der Waals surface area contributed by atoms with E-state index in [0.717, 1.165) is 80.9 Å². The number of fused-ring (bicyclic) bond motifs is 18. The van der Waals surface area contributed by atoms with Crippen molar-refractivity contribution >= 4 is 101 Å². The largest absolute Gasteiger partial charge is 0.309 e. The molecule has 17 aromatic carbocycles. The lowest BCUT2D eigenvalue weighted by atomic mass is 9.98. The Hall–Kier alpha value is -15.1. The zero-order chi connectivity index (χ0) is 79.0. The fraction of sp³-hybridized carbons (Fsp3) is 0.0179. The summed E-state index contributed by atoms with van der Waals surface area (Å²) in [6, 6.07) is 156. The van der Waals surface area contributed by atoms with Gasteiger partial charge in [0.1, 0.15) is 0 Å². The summed E-state index contributed by atoms with van der Waals surface area (Å²) in [6.07, 6.45) is 1.55. The maximum Gasteiger partial charge on any atom is 0.180 e. The molecule has 2 aliphatic carbocycles. The Kier molecular flexibility index (Phi) is 16.1. The molecule has 0 bridgehead atoms. The van der Waals surface area contributed by atoms with Gasteiger partial charge in [0, 0.05) is 90.3 Å². The lowest BCUT2D eigenvalue weighted by molar-refractivity contribution is 1.13. The minimum atomic E-state index is -2.70. The molecule has 6 nitrogen and oxygen atoms in total. The van der Waals surface area contributed by atoms with E-state index in [-0.39, 0.29) is 0 Å². The van der Waals surface area contributed by atoms with Crippen LogP contribution in [-0.4, -0.2) is 45.2 Å². The van der Waals surface area contributed by atoms with Crippen LogP contribution in [0.3, 0.4) is 0 Å². The molecule has 0 fully saturated rings. The van der Waals surface area contributed by atoms with Crippen LogP contribution in [0, 0.1) is 0 Å². The molecule has 25 rings (SSSR count). The molecule has 4 aromatic heterocycles. The minimum absolute atomic E-state index is 0.746. The van der Waals surface area contributed by atoms with Gasteiger partial charge in [0.15, 0.2) is 27.8 Å². The van der Waals surface area contributed by atoms with Crippen molar-refractivity contribution in [3.05, 3.63) is 447 Å². The van der Waals surface area contributed by atoms with Gasteiger partial charge in [0.2, 0.25) is 0 Å². The summed E-state index contributed by atoms with van der Waals surface area (Å²) in [5.41, 5.74) is 30.4. The van der Waals surface area contributed by atoms with Crippen molar-refractivity contribution in [2.45, 2.75) is 12.8 Å². The van der Waals surface area contributed by atoms with Gasteiger partial charge in [0.25, 0.3) is 0 Å². The summed E-state index contributed by atoms with van der Waals surface area (Å²) in [5.74, 6) is 1.49. The second kappa shape index (κ2) is 27.8. The Bertz CT molecular complexity index is 7570. The molecule has 0 atom stereocenters. The Labute approximate surface area is 697 Å². The fourth-order valence-electron chi connectivity index (χ4n) is 20.6. The van der Waals surface area contributed by atoms with Crippen molar-refractivity contribution in [1.29, 1.82) is 0 Å². The topological polar surface area (TPSA) is 61.4 Å². The molecular weight excluding hydrogens is 1490 g/mol. The van der Waals surface area contributed by atoms with Gasteiger partial charge in [-0.3, -0.25) is 0 Å². The molecule has 21 aromatic rings. The van der Waals surface area contributed by atoms with Gasteiger partial charge in [-0.1, -0.05) is 364 Å². The normalized spacial score (nSPS) is 13.2. The molecule has 0 saturated heterocycles. The fourth-order valence-corrected chi connectivity index (χ4v) is 31.1. The third-order valence-corrected chi connectivity index (χ3v) is 35.6. The first-order valence-electron chi connectivity index (χ1n) is 41.5. The number of nitrogens with zero attached hydrogens (tertiary/aromatic N) is 6. The molecule has 0 unspecified atom stereocenters. The van der Waals surface area contributed by atoms with E-state index < -0.39 is 16.1 Å². The van der Waals surface area contributed by atoms with Crippen LogP contribution in [0.15, 0.2) is 425 Å². The van der Waals surface area contributed by atoms with Crippen LogP contribution < -0.4 is 41.5 Å². The van der Waals surface area contributed by atoms with Gasteiger partial charge in [0.05, 0.1) is 44.8 Å². The van der Waals surface area contributed by atoms with Crippen LogP contribution in [0.25, 0.3) is 156 Å². The Balaban J connectivity index is 0.000000137. The summed E-state index contributed by atoms with van der Waals surface area (Å²) in [7, 11) is -5.39. The van der Waals surface area contributed by atoms with Gasteiger partial charge in [-0.15, -0.1) is 0 Å². The smallest absolute Gasteiger partial charge is 0.180 e. The first-order valence-corrected chi connectivity index (χ1v) is 45.5. The molecule has 6 heterocycles. The minimum Gasteiger partial charge on any atom is -0.309 e. The molecular formula is C112H74N6Si2. The number of hydrogen-bond acceptors (Lipinski definition) is 4. The summed E-state index contributed by atoms with van der Waals surface area (Å²) in [4.78, 5) is 21.8. The summed E-state index contributed by atoms with van der Waals surface area (Å²) >= 11 is 0. The predicted octanol–water partition coefficient (Wildman–Crippen LogP) is 21.3. The quantitative estimate of drug-likeness (QED) is 0.121. The van der Waals surface area contributed by atoms with Crippen molar-refractivity contribution < 1.29 is 0 Å². The summed E-state index contributed by atoms with van der Waals surface area (Å²) in [5, 5.41) is 16.3. The van der Waals surface area contributed by atoms with E-state index in [1.807, 2.05) is 0 Å².